The lowest BCUT2D eigenvalue weighted by Gasteiger charge is -2.05. The van der Waals surface area contributed by atoms with Crippen molar-refractivity contribution in [2.75, 3.05) is 13.1 Å². The fourth-order valence-electron chi connectivity index (χ4n) is 1.70. The summed E-state index contributed by atoms with van der Waals surface area (Å²) >= 11 is 0. The quantitative estimate of drug-likeness (QED) is 0.858. The third-order valence-electron chi connectivity index (χ3n) is 2.73. The fourth-order valence-corrected chi connectivity index (χ4v) is 1.70. The smallest absolute Gasteiger partial charge is 0.254 e. The third-order valence-corrected chi connectivity index (χ3v) is 2.73. The lowest BCUT2D eigenvalue weighted by atomic mass is 10.2. The van der Waals surface area contributed by atoms with Crippen molar-refractivity contribution in [3.63, 3.8) is 0 Å². The predicted molar refractivity (Wildman–Crippen MR) is 78.5 cm³/mol. The average molecular weight is 284 g/mol. The Morgan fingerprint density at radius 1 is 1.05 bits per heavy atom. The molecule has 108 valence electrons. The number of hydrogen-bond donors (Lipinski definition) is 2. The van der Waals surface area contributed by atoms with Gasteiger partial charge in [-0.15, -0.1) is 0 Å². The first-order valence-electron chi connectivity index (χ1n) is 6.63. The summed E-state index contributed by atoms with van der Waals surface area (Å²) in [7, 11) is 0. The zero-order valence-electron chi connectivity index (χ0n) is 11.7. The van der Waals surface area contributed by atoms with E-state index in [4.69, 9.17) is 0 Å². The number of aromatic nitrogens is 2. The lowest BCUT2D eigenvalue weighted by molar-refractivity contribution is -0.120. The van der Waals surface area contributed by atoms with Crippen LogP contribution in [-0.4, -0.2) is 34.9 Å². The number of hydrogen-bond acceptors (Lipinski definition) is 4. The molecule has 0 aliphatic carbocycles. The van der Waals surface area contributed by atoms with E-state index in [9.17, 15) is 9.59 Å². The van der Waals surface area contributed by atoms with E-state index in [0.717, 1.165) is 5.56 Å². The highest BCUT2D eigenvalue weighted by atomic mass is 16.2. The SMILES string of the molecule is CCNC(=O)CNC(=O)c1cnc(-c2ccccc2)nc1. The van der Waals surface area contributed by atoms with Crippen molar-refractivity contribution in [2.24, 2.45) is 0 Å². The Balaban J connectivity index is 1.99. The molecule has 6 heteroatoms. The Kier molecular flexibility index (Phi) is 4.98. The number of nitrogens with one attached hydrogen (secondary N) is 2. The Hall–Kier alpha value is -2.76. The van der Waals surface area contributed by atoms with Crippen molar-refractivity contribution >= 4 is 11.8 Å². The Labute approximate surface area is 122 Å². The molecule has 2 amide bonds. The zero-order valence-corrected chi connectivity index (χ0v) is 11.7. The Bertz CT molecular complexity index is 611. The molecule has 0 saturated carbocycles. The Morgan fingerprint density at radius 2 is 1.71 bits per heavy atom. The first kappa shape index (κ1) is 14.6. The largest absolute Gasteiger partial charge is 0.355 e. The molecule has 21 heavy (non-hydrogen) atoms. The van der Waals surface area contributed by atoms with E-state index in [1.54, 1.807) is 0 Å². The van der Waals surface area contributed by atoms with Crippen LogP contribution in [0, 0.1) is 0 Å². The van der Waals surface area contributed by atoms with Crippen LogP contribution in [0.4, 0.5) is 0 Å². The molecule has 6 nitrogen and oxygen atoms in total. The molecule has 0 atom stereocenters. The van der Waals surface area contributed by atoms with Gasteiger partial charge in [-0.25, -0.2) is 9.97 Å². The molecule has 0 unspecified atom stereocenters. The summed E-state index contributed by atoms with van der Waals surface area (Å²) in [6.07, 6.45) is 2.89. The van der Waals surface area contributed by atoms with Gasteiger partial charge in [-0.2, -0.15) is 0 Å². The molecule has 0 aliphatic heterocycles. The molecular weight excluding hydrogens is 268 g/mol. The van der Waals surface area contributed by atoms with Crippen LogP contribution >= 0.6 is 0 Å². The molecule has 0 bridgehead atoms. The molecule has 0 radical (unpaired) electrons. The second kappa shape index (κ2) is 7.14. The van der Waals surface area contributed by atoms with E-state index < -0.39 is 0 Å². The van der Waals surface area contributed by atoms with Crippen LogP contribution in [0.15, 0.2) is 42.7 Å². The maximum Gasteiger partial charge on any atom is 0.254 e. The van der Waals surface area contributed by atoms with E-state index in [0.29, 0.717) is 17.9 Å². The molecule has 1 aromatic carbocycles. The van der Waals surface area contributed by atoms with Gasteiger partial charge in [0.1, 0.15) is 0 Å². The van der Waals surface area contributed by atoms with Gasteiger partial charge in [0.2, 0.25) is 5.91 Å². The highest BCUT2D eigenvalue weighted by molar-refractivity contribution is 5.96. The lowest BCUT2D eigenvalue weighted by Crippen LogP contribution is -2.36. The number of amides is 2. The molecule has 1 aromatic heterocycles. The van der Waals surface area contributed by atoms with E-state index >= 15 is 0 Å². The summed E-state index contributed by atoms with van der Waals surface area (Å²) in [5.41, 5.74) is 1.20. The van der Waals surface area contributed by atoms with Crippen LogP contribution in [0.5, 0.6) is 0 Å². The minimum atomic E-state index is -0.374. The third kappa shape index (κ3) is 4.10. The topological polar surface area (TPSA) is 84.0 Å². The summed E-state index contributed by atoms with van der Waals surface area (Å²) < 4.78 is 0. The molecule has 0 spiro atoms. The van der Waals surface area contributed by atoms with Gasteiger partial charge in [0.05, 0.1) is 12.1 Å². The van der Waals surface area contributed by atoms with Gasteiger partial charge in [-0.3, -0.25) is 9.59 Å². The molecule has 1 heterocycles. The summed E-state index contributed by atoms with van der Waals surface area (Å²) in [6, 6.07) is 9.48. The van der Waals surface area contributed by atoms with E-state index in [-0.39, 0.29) is 18.4 Å². The summed E-state index contributed by atoms with van der Waals surface area (Å²) in [6.45, 7) is 2.28. The minimum absolute atomic E-state index is 0.0624. The van der Waals surface area contributed by atoms with Crippen LogP contribution in [0.1, 0.15) is 17.3 Å². The van der Waals surface area contributed by atoms with Gasteiger partial charge in [0.25, 0.3) is 5.91 Å². The number of nitrogens with zero attached hydrogens (tertiary/aromatic N) is 2. The average Bonchev–Trinajstić information content (AvgIpc) is 2.54. The van der Waals surface area contributed by atoms with Gasteiger partial charge in [-0.1, -0.05) is 30.3 Å². The zero-order chi connectivity index (χ0) is 15.1. The van der Waals surface area contributed by atoms with Crippen molar-refractivity contribution < 1.29 is 9.59 Å². The van der Waals surface area contributed by atoms with Crippen LogP contribution in [0.3, 0.4) is 0 Å². The van der Waals surface area contributed by atoms with Crippen molar-refractivity contribution in [1.29, 1.82) is 0 Å². The molecular formula is C15H16N4O2. The maximum atomic E-state index is 11.8. The number of carbonyl (C=O) groups is 2. The van der Waals surface area contributed by atoms with Gasteiger partial charge >= 0.3 is 0 Å². The van der Waals surface area contributed by atoms with Gasteiger partial charge < -0.3 is 10.6 Å². The van der Waals surface area contributed by atoms with Crippen molar-refractivity contribution in [3.05, 3.63) is 48.3 Å². The minimum Gasteiger partial charge on any atom is -0.355 e. The van der Waals surface area contributed by atoms with Crippen LogP contribution in [0.25, 0.3) is 11.4 Å². The summed E-state index contributed by atoms with van der Waals surface area (Å²) in [5, 5.41) is 5.11. The van der Waals surface area contributed by atoms with Gasteiger partial charge in [-0.05, 0) is 6.92 Å². The number of rotatable bonds is 5. The number of benzene rings is 1. The van der Waals surface area contributed by atoms with Crippen molar-refractivity contribution in [1.82, 2.24) is 20.6 Å². The van der Waals surface area contributed by atoms with Crippen LogP contribution in [0.2, 0.25) is 0 Å². The fraction of sp³-hybridized carbons (Fsp3) is 0.200. The van der Waals surface area contributed by atoms with Crippen molar-refractivity contribution in [2.45, 2.75) is 6.92 Å². The first-order valence-corrected chi connectivity index (χ1v) is 6.63. The molecule has 0 aliphatic rings. The summed E-state index contributed by atoms with van der Waals surface area (Å²) in [4.78, 5) is 31.4. The predicted octanol–water partition coefficient (Wildman–Crippen LogP) is 1.01. The summed E-state index contributed by atoms with van der Waals surface area (Å²) in [5.74, 6) is -0.0515. The van der Waals surface area contributed by atoms with Crippen molar-refractivity contribution in [3.8, 4) is 11.4 Å². The molecule has 0 fully saturated rings. The van der Waals surface area contributed by atoms with Gasteiger partial charge in [0.15, 0.2) is 5.82 Å². The second-order valence-corrected chi connectivity index (χ2v) is 4.30. The van der Waals surface area contributed by atoms with Crippen LogP contribution < -0.4 is 10.6 Å². The molecule has 0 saturated heterocycles. The monoisotopic (exact) mass is 284 g/mol. The van der Waals surface area contributed by atoms with Crippen LogP contribution in [-0.2, 0) is 4.79 Å². The van der Waals surface area contributed by atoms with Gasteiger partial charge in [0, 0.05) is 24.5 Å². The van der Waals surface area contributed by atoms with E-state index in [1.807, 2.05) is 37.3 Å². The van der Waals surface area contributed by atoms with E-state index in [1.165, 1.54) is 12.4 Å². The highest BCUT2D eigenvalue weighted by Crippen LogP contribution is 2.12. The number of carbonyl (C=O) groups excluding carboxylic acids is 2. The molecule has 2 rings (SSSR count). The Morgan fingerprint density at radius 3 is 2.33 bits per heavy atom. The molecule has 2 N–H and O–H groups in total. The first-order chi connectivity index (χ1) is 10.2. The molecule has 2 aromatic rings. The standard InChI is InChI=1S/C15H16N4O2/c1-2-16-13(20)10-19-15(21)12-8-17-14(18-9-12)11-6-4-3-5-7-11/h3-9H,2,10H2,1H3,(H,16,20)(H,19,21). The normalized spacial score (nSPS) is 9.95. The number of likely N-dealkylation sites (N-methyl/N-ethyl adjacent to an activating group) is 1. The second-order valence-electron chi connectivity index (χ2n) is 4.30. The highest BCUT2D eigenvalue weighted by Gasteiger charge is 2.09. The maximum absolute atomic E-state index is 11.8. The van der Waals surface area contributed by atoms with E-state index in [2.05, 4.69) is 20.6 Å².